The van der Waals surface area contributed by atoms with E-state index in [2.05, 4.69) is 9.97 Å². The minimum Gasteiger partial charge on any atom is -0.489 e. The maximum Gasteiger partial charge on any atom is 0.254 e. The highest BCUT2D eigenvalue weighted by Crippen LogP contribution is 2.21. The molecule has 0 unspecified atom stereocenters. The van der Waals surface area contributed by atoms with Gasteiger partial charge in [-0.3, -0.25) is 4.79 Å². The number of aromatic nitrogens is 2. The Labute approximate surface area is 147 Å². The Morgan fingerprint density at radius 1 is 1.04 bits per heavy atom. The molecule has 0 aliphatic carbocycles. The van der Waals surface area contributed by atoms with Crippen molar-refractivity contribution in [1.82, 2.24) is 9.97 Å². The van der Waals surface area contributed by atoms with E-state index >= 15 is 0 Å². The van der Waals surface area contributed by atoms with Gasteiger partial charge in [0.15, 0.2) is 0 Å². The fourth-order valence-electron chi connectivity index (χ4n) is 2.86. The Morgan fingerprint density at radius 2 is 1.72 bits per heavy atom. The number of aryl methyl sites for hydroxylation is 1. The van der Waals surface area contributed by atoms with Crippen molar-refractivity contribution in [1.29, 1.82) is 0 Å². The topological polar surface area (TPSA) is 55.0 Å². The summed E-state index contributed by atoms with van der Waals surface area (Å²) in [7, 11) is 0. The summed E-state index contributed by atoms with van der Waals surface area (Å²) in [4.78, 5) is 19.7. The molecule has 4 heteroatoms. The predicted octanol–water partition coefficient (Wildman–Crippen LogP) is 4.45. The van der Waals surface area contributed by atoms with Crippen molar-refractivity contribution in [2.24, 2.45) is 0 Å². The molecule has 0 fully saturated rings. The summed E-state index contributed by atoms with van der Waals surface area (Å²) in [5.74, 6) is 1.52. The lowest BCUT2D eigenvalue weighted by Crippen LogP contribution is -2.18. The third-order valence-corrected chi connectivity index (χ3v) is 4.10. The molecule has 0 bridgehead atoms. The van der Waals surface area contributed by atoms with E-state index in [1.165, 1.54) is 0 Å². The van der Waals surface area contributed by atoms with Crippen LogP contribution in [0.25, 0.3) is 11.4 Å². The molecule has 2 aromatic carbocycles. The first kappa shape index (κ1) is 17.0. The molecule has 0 radical (unpaired) electrons. The second-order valence-electron chi connectivity index (χ2n) is 6.37. The third kappa shape index (κ3) is 3.97. The van der Waals surface area contributed by atoms with Crippen molar-refractivity contribution in [3.63, 3.8) is 0 Å². The molecule has 1 heterocycles. The largest absolute Gasteiger partial charge is 0.489 e. The van der Waals surface area contributed by atoms with Crippen LogP contribution in [0.1, 0.15) is 36.6 Å². The van der Waals surface area contributed by atoms with Crippen LogP contribution in [0, 0.1) is 6.92 Å². The maximum atomic E-state index is 12.3. The second kappa shape index (κ2) is 7.34. The van der Waals surface area contributed by atoms with E-state index in [-0.39, 0.29) is 11.5 Å². The van der Waals surface area contributed by atoms with Crippen LogP contribution in [0.4, 0.5) is 0 Å². The van der Waals surface area contributed by atoms with E-state index in [0.717, 1.165) is 28.1 Å². The first-order chi connectivity index (χ1) is 12.0. The van der Waals surface area contributed by atoms with Gasteiger partial charge in [-0.2, -0.15) is 0 Å². The van der Waals surface area contributed by atoms with Gasteiger partial charge in [-0.1, -0.05) is 44.2 Å². The van der Waals surface area contributed by atoms with E-state index < -0.39 is 0 Å². The molecular weight excluding hydrogens is 312 g/mol. The van der Waals surface area contributed by atoms with Crippen LogP contribution in [0.15, 0.2) is 59.4 Å². The number of hydrogen-bond donors (Lipinski definition) is 1. The Balaban J connectivity index is 1.77. The van der Waals surface area contributed by atoms with E-state index in [0.29, 0.717) is 12.4 Å². The Kier molecular flexibility index (Phi) is 4.98. The molecule has 3 aromatic rings. The van der Waals surface area contributed by atoms with Gasteiger partial charge in [0.05, 0.1) is 0 Å². The van der Waals surface area contributed by atoms with Crippen LogP contribution < -0.4 is 10.3 Å². The van der Waals surface area contributed by atoms with Gasteiger partial charge < -0.3 is 9.72 Å². The quantitative estimate of drug-likeness (QED) is 0.750. The van der Waals surface area contributed by atoms with Crippen molar-refractivity contribution in [3.8, 4) is 17.1 Å². The fourth-order valence-corrected chi connectivity index (χ4v) is 2.86. The summed E-state index contributed by atoms with van der Waals surface area (Å²) in [6, 6.07) is 17.6. The molecule has 1 N–H and O–H groups in total. The smallest absolute Gasteiger partial charge is 0.254 e. The number of hydrogen-bond acceptors (Lipinski definition) is 3. The number of ether oxygens (including phenoxy) is 1. The van der Waals surface area contributed by atoms with Gasteiger partial charge in [-0.25, -0.2) is 4.98 Å². The molecular formula is C21H22N2O2. The summed E-state index contributed by atoms with van der Waals surface area (Å²) in [6.07, 6.45) is 0. The summed E-state index contributed by atoms with van der Waals surface area (Å²) in [5.41, 5.74) is 3.44. The standard InChI is InChI=1S/C21H22N2O2/c1-14(2)19-15(3)22-20(23-21(19)24)17-9-11-18(12-10-17)25-13-16-7-5-4-6-8-16/h4-12,14H,13H2,1-3H3,(H,22,23,24). The zero-order valence-corrected chi connectivity index (χ0v) is 14.7. The van der Waals surface area contributed by atoms with Gasteiger partial charge in [0, 0.05) is 16.8 Å². The lowest BCUT2D eigenvalue weighted by Gasteiger charge is -2.10. The molecule has 0 spiro atoms. The van der Waals surface area contributed by atoms with Crippen molar-refractivity contribution < 1.29 is 4.74 Å². The molecule has 1 aromatic heterocycles. The number of nitrogens with one attached hydrogen (secondary N) is 1. The minimum absolute atomic E-state index is 0.0677. The van der Waals surface area contributed by atoms with Gasteiger partial charge >= 0.3 is 0 Å². The normalized spacial score (nSPS) is 10.9. The summed E-state index contributed by atoms with van der Waals surface area (Å²) in [5, 5.41) is 0. The zero-order valence-electron chi connectivity index (χ0n) is 14.7. The van der Waals surface area contributed by atoms with E-state index in [4.69, 9.17) is 4.74 Å². The Bertz CT molecular complexity index is 897. The molecule has 3 rings (SSSR count). The van der Waals surface area contributed by atoms with Gasteiger partial charge in [0.25, 0.3) is 5.56 Å². The zero-order chi connectivity index (χ0) is 17.8. The van der Waals surface area contributed by atoms with Crippen LogP contribution in [-0.2, 0) is 6.61 Å². The highest BCUT2D eigenvalue weighted by atomic mass is 16.5. The number of rotatable bonds is 5. The molecule has 4 nitrogen and oxygen atoms in total. The lowest BCUT2D eigenvalue weighted by molar-refractivity contribution is 0.306. The summed E-state index contributed by atoms with van der Waals surface area (Å²) >= 11 is 0. The molecule has 0 aliphatic rings. The highest BCUT2D eigenvalue weighted by Gasteiger charge is 2.12. The van der Waals surface area contributed by atoms with Crippen LogP contribution in [0.5, 0.6) is 5.75 Å². The summed E-state index contributed by atoms with van der Waals surface area (Å²) in [6.45, 7) is 6.40. The first-order valence-electron chi connectivity index (χ1n) is 8.42. The van der Waals surface area contributed by atoms with Crippen molar-refractivity contribution in [2.75, 3.05) is 0 Å². The average molecular weight is 334 g/mol. The highest BCUT2D eigenvalue weighted by molar-refractivity contribution is 5.56. The van der Waals surface area contributed by atoms with E-state index in [1.54, 1.807) is 0 Å². The number of aromatic amines is 1. The maximum absolute atomic E-state index is 12.3. The van der Waals surface area contributed by atoms with Gasteiger partial charge in [0.1, 0.15) is 18.2 Å². The molecule has 0 aliphatic heterocycles. The number of H-pyrrole nitrogens is 1. The Morgan fingerprint density at radius 3 is 2.32 bits per heavy atom. The SMILES string of the molecule is Cc1nc(-c2ccc(OCc3ccccc3)cc2)[nH]c(=O)c1C(C)C. The molecule has 0 saturated carbocycles. The van der Waals surface area contributed by atoms with Crippen molar-refractivity contribution in [3.05, 3.63) is 81.8 Å². The molecule has 0 amide bonds. The van der Waals surface area contributed by atoms with Gasteiger partial charge in [0.2, 0.25) is 0 Å². The van der Waals surface area contributed by atoms with E-state index in [1.807, 2.05) is 75.4 Å². The minimum atomic E-state index is -0.0677. The lowest BCUT2D eigenvalue weighted by atomic mass is 10.0. The van der Waals surface area contributed by atoms with Crippen LogP contribution >= 0.6 is 0 Å². The second-order valence-corrected chi connectivity index (χ2v) is 6.37. The van der Waals surface area contributed by atoms with Crippen molar-refractivity contribution >= 4 is 0 Å². The third-order valence-electron chi connectivity index (χ3n) is 4.10. The van der Waals surface area contributed by atoms with Crippen LogP contribution in [-0.4, -0.2) is 9.97 Å². The first-order valence-corrected chi connectivity index (χ1v) is 8.42. The summed E-state index contributed by atoms with van der Waals surface area (Å²) < 4.78 is 5.79. The van der Waals surface area contributed by atoms with Crippen LogP contribution in [0.2, 0.25) is 0 Å². The number of nitrogens with zero attached hydrogens (tertiary/aromatic N) is 1. The van der Waals surface area contributed by atoms with Crippen LogP contribution in [0.3, 0.4) is 0 Å². The van der Waals surface area contributed by atoms with E-state index in [9.17, 15) is 4.79 Å². The molecule has 128 valence electrons. The van der Waals surface area contributed by atoms with Gasteiger partial charge in [-0.05, 0) is 42.7 Å². The number of benzene rings is 2. The Hall–Kier alpha value is -2.88. The monoisotopic (exact) mass is 334 g/mol. The molecule has 0 atom stereocenters. The molecule has 0 saturated heterocycles. The fraction of sp³-hybridized carbons (Fsp3) is 0.238. The molecule has 25 heavy (non-hydrogen) atoms. The van der Waals surface area contributed by atoms with Gasteiger partial charge in [-0.15, -0.1) is 0 Å². The van der Waals surface area contributed by atoms with Crippen molar-refractivity contribution in [2.45, 2.75) is 33.3 Å². The predicted molar refractivity (Wildman–Crippen MR) is 99.9 cm³/mol. The average Bonchev–Trinajstić information content (AvgIpc) is 2.60.